The van der Waals surface area contributed by atoms with Crippen LogP contribution in [0.15, 0.2) is 128 Å². The lowest BCUT2D eigenvalue weighted by molar-refractivity contribution is 1.37. The van der Waals surface area contributed by atoms with Crippen LogP contribution in [-0.2, 0) is 0 Å². The zero-order valence-electron chi connectivity index (χ0n) is 24.0. The molecule has 0 saturated carbocycles. The third-order valence-corrected chi connectivity index (χ3v) is 12.9. The van der Waals surface area contributed by atoms with Gasteiger partial charge in [0.1, 0.15) is 8.07 Å². The van der Waals surface area contributed by atoms with Crippen molar-refractivity contribution < 1.29 is 0 Å². The molecule has 0 spiro atoms. The van der Waals surface area contributed by atoms with Gasteiger partial charge in [0.05, 0.1) is 27.9 Å². The molecule has 0 saturated heterocycles. The highest BCUT2D eigenvalue weighted by molar-refractivity contribution is 7.05. The van der Waals surface area contributed by atoms with Gasteiger partial charge in [-0.3, -0.25) is 4.98 Å². The normalized spacial score (nSPS) is 13.5. The van der Waals surface area contributed by atoms with Gasteiger partial charge in [-0.1, -0.05) is 110 Å². The molecule has 5 aromatic carbocycles. The van der Waals surface area contributed by atoms with Gasteiger partial charge in [0, 0.05) is 33.5 Å². The first kappa shape index (κ1) is 24.4. The van der Waals surface area contributed by atoms with Gasteiger partial charge in [0.25, 0.3) is 0 Å². The maximum atomic E-state index is 5.28. The van der Waals surface area contributed by atoms with E-state index in [-0.39, 0.29) is 0 Å². The Labute approximate surface area is 250 Å². The van der Waals surface area contributed by atoms with Crippen molar-refractivity contribution in [1.82, 2.24) is 15.0 Å². The summed E-state index contributed by atoms with van der Waals surface area (Å²) in [5, 5.41) is 8.85. The Bertz CT molecular complexity index is 2440. The molecule has 3 aromatic heterocycles. The monoisotopic (exact) mass is 565 g/mol. The van der Waals surface area contributed by atoms with Crippen LogP contribution in [0.1, 0.15) is 0 Å². The molecule has 1 aliphatic heterocycles. The van der Waals surface area contributed by atoms with Gasteiger partial charge in [-0.2, -0.15) is 0 Å². The summed E-state index contributed by atoms with van der Waals surface area (Å²) in [6.07, 6.45) is 1.84. The second-order valence-corrected chi connectivity index (χ2v) is 16.3. The lowest BCUT2D eigenvalue weighted by Crippen LogP contribution is -2.49. The van der Waals surface area contributed by atoms with E-state index in [1.54, 1.807) is 0 Å². The SMILES string of the molecule is C[Si]1(C)c2ccccc2-c2ccc3nc(-c4cccc5c(-c6ccc7ccc8cccnc8c7n6)cccc45)ccc3c21. The molecular weight excluding hydrogens is 539 g/mol. The van der Waals surface area contributed by atoms with Crippen LogP contribution in [0.2, 0.25) is 13.1 Å². The van der Waals surface area contributed by atoms with Crippen LogP contribution >= 0.6 is 0 Å². The summed E-state index contributed by atoms with van der Waals surface area (Å²) in [5.41, 5.74) is 9.89. The summed E-state index contributed by atoms with van der Waals surface area (Å²) in [7, 11) is -1.82. The fraction of sp³-hybridized carbons (Fsp3) is 0.0513. The first-order chi connectivity index (χ1) is 21.1. The van der Waals surface area contributed by atoms with Crippen LogP contribution in [0, 0.1) is 0 Å². The molecule has 0 amide bonds. The van der Waals surface area contributed by atoms with E-state index in [9.17, 15) is 0 Å². The Kier molecular flexibility index (Phi) is 5.05. The van der Waals surface area contributed by atoms with Crippen LogP contribution < -0.4 is 10.4 Å². The van der Waals surface area contributed by atoms with Gasteiger partial charge in [0.2, 0.25) is 0 Å². The molecule has 0 radical (unpaired) electrons. The molecule has 0 fully saturated rings. The van der Waals surface area contributed by atoms with Crippen molar-refractivity contribution >= 4 is 61.9 Å². The predicted octanol–water partition coefficient (Wildman–Crippen LogP) is 8.62. The zero-order valence-corrected chi connectivity index (χ0v) is 25.0. The molecule has 1 aliphatic rings. The van der Waals surface area contributed by atoms with Crippen LogP contribution in [0.25, 0.3) is 77.1 Å². The average Bonchev–Trinajstić information content (AvgIpc) is 3.30. The Morgan fingerprint density at radius 3 is 1.95 bits per heavy atom. The molecule has 0 aliphatic carbocycles. The molecule has 0 unspecified atom stereocenters. The van der Waals surface area contributed by atoms with Crippen molar-refractivity contribution in [2.75, 3.05) is 0 Å². The summed E-state index contributed by atoms with van der Waals surface area (Å²) in [6.45, 7) is 4.94. The van der Waals surface area contributed by atoms with Crippen LogP contribution in [0.5, 0.6) is 0 Å². The van der Waals surface area contributed by atoms with Gasteiger partial charge in [-0.15, -0.1) is 0 Å². The van der Waals surface area contributed by atoms with Crippen LogP contribution in [-0.4, -0.2) is 23.0 Å². The maximum Gasteiger partial charge on any atom is 0.114 e. The van der Waals surface area contributed by atoms with E-state index in [4.69, 9.17) is 9.97 Å². The molecule has 4 heterocycles. The minimum atomic E-state index is -1.82. The average molecular weight is 566 g/mol. The van der Waals surface area contributed by atoms with Crippen LogP contribution in [0.4, 0.5) is 0 Å². The number of benzene rings is 5. The molecule has 3 nitrogen and oxygen atoms in total. The second kappa shape index (κ2) is 8.90. The summed E-state index contributed by atoms with van der Waals surface area (Å²) in [4.78, 5) is 15.1. The van der Waals surface area contributed by atoms with E-state index in [1.807, 2.05) is 12.3 Å². The minimum Gasteiger partial charge on any atom is -0.254 e. The third kappa shape index (κ3) is 3.50. The van der Waals surface area contributed by atoms with Crippen molar-refractivity contribution in [3.63, 3.8) is 0 Å². The van der Waals surface area contributed by atoms with Gasteiger partial charge in [0.15, 0.2) is 0 Å². The maximum absolute atomic E-state index is 5.28. The fourth-order valence-corrected chi connectivity index (χ4v) is 10.7. The summed E-state index contributed by atoms with van der Waals surface area (Å²) >= 11 is 0. The highest BCUT2D eigenvalue weighted by Gasteiger charge is 2.38. The topological polar surface area (TPSA) is 38.7 Å². The number of hydrogen-bond acceptors (Lipinski definition) is 3. The summed E-state index contributed by atoms with van der Waals surface area (Å²) < 4.78 is 0. The lowest BCUT2D eigenvalue weighted by atomic mass is 9.95. The number of pyridine rings is 3. The Hall–Kier alpha value is -5.19. The van der Waals surface area contributed by atoms with Gasteiger partial charge in [-0.05, 0) is 56.5 Å². The minimum absolute atomic E-state index is 0.932. The van der Waals surface area contributed by atoms with Crippen molar-refractivity contribution in [3.05, 3.63) is 128 Å². The van der Waals surface area contributed by atoms with E-state index in [0.717, 1.165) is 49.8 Å². The number of hydrogen-bond donors (Lipinski definition) is 0. The predicted molar refractivity (Wildman–Crippen MR) is 183 cm³/mol. The largest absolute Gasteiger partial charge is 0.254 e. The second-order valence-electron chi connectivity index (χ2n) is 12.0. The molecule has 8 aromatic rings. The van der Waals surface area contributed by atoms with Crippen LogP contribution in [0.3, 0.4) is 0 Å². The number of aromatic nitrogens is 3. The molecule has 0 bridgehead atoms. The molecule has 0 N–H and O–H groups in total. The molecule has 0 atom stereocenters. The van der Waals surface area contributed by atoms with Crippen molar-refractivity contribution in [2.24, 2.45) is 0 Å². The quantitative estimate of drug-likeness (QED) is 0.156. The fourth-order valence-electron chi connectivity index (χ4n) is 7.28. The van der Waals surface area contributed by atoms with Crippen molar-refractivity contribution in [3.8, 4) is 33.6 Å². The Morgan fingerprint density at radius 1 is 0.465 bits per heavy atom. The Balaban J connectivity index is 1.20. The molecule has 202 valence electrons. The van der Waals surface area contributed by atoms with E-state index < -0.39 is 8.07 Å². The number of rotatable bonds is 2. The first-order valence-electron chi connectivity index (χ1n) is 14.8. The lowest BCUT2D eigenvalue weighted by Gasteiger charge is -2.20. The highest BCUT2D eigenvalue weighted by atomic mass is 28.3. The molecule has 9 rings (SSSR count). The van der Waals surface area contributed by atoms with E-state index in [1.165, 1.54) is 37.7 Å². The summed E-state index contributed by atoms with van der Waals surface area (Å²) in [5.74, 6) is 0. The molecule has 43 heavy (non-hydrogen) atoms. The van der Waals surface area contributed by atoms with E-state index in [2.05, 4.69) is 133 Å². The molecule has 4 heteroatoms. The number of nitrogens with zero attached hydrogens (tertiary/aromatic N) is 3. The molecular formula is C39H27N3Si. The van der Waals surface area contributed by atoms with Crippen molar-refractivity contribution in [2.45, 2.75) is 13.1 Å². The summed E-state index contributed by atoms with van der Waals surface area (Å²) in [6, 6.07) is 43.6. The first-order valence-corrected chi connectivity index (χ1v) is 17.8. The van der Waals surface area contributed by atoms with E-state index >= 15 is 0 Å². The zero-order chi connectivity index (χ0) is 28.7. The smallest absolute Gasteiger partial charge is 0.114 e. The standard InChI is InChI=1S/C39H27N3Si/c1-43(2)36-14-4-3-9-30(36)31-18-21-35-32(39(31)43)19-22-33(41-35)28-12-5-11-27-26(28)10-6-13-29(27)34-20-17-25-16-15-24-8-7-23-40-37(24)38(25)42-34/h3-23H,1-2H3. The van der Waals surface area contributed by atoms with E-state index in [0.29, 0.717) is 0 Å². The Morgan fingerprint density at radius 2 is 1.14 bits per heavy atom. The van der Waals surface area contributed by atoms with Gasteiger partial charge < -0.3 is 0 Å². The van der Waals surface area contributed by atoms with Crippen molar-refractivity contribution in [1.29, 1.82) is 0 Å². The number of fused-ring (bicyclic) bond motifs is 9. The highest BCUT2D eigenvalue weighted by Crippen LogP contribution is 2.37. The van der Waals surface area contributed by atoms with Gasteiger partial charge in [-0.25, -0.2) is 9.97 Å². The van der Waals surface area contributed by atoms with Gasteiger partial charge >= 0.3 is 0 Å². The third-order valence-electron chi connectivity index (χ3n) is 9.29.